The molecule has 0 aliphatic heterocycles. The van der Waals surface area contributed by atoms with Crippen molar-refractivity contribution in [3.63, 3.8) is 0 Å². The summed E-state index contributed by atoms with van der Waals surface area (Å²) >= 11 is 0. The number of hydrogen-bond acceptors (Lipinski definition) is 2. The summed E-state index contributed by atoms with van der Waals surface area (Å²) < 4.78 is 11.9. The normalized spacial score (nSPS) is 13.8. The van der Waals surface area contributed by atoms with E-state index in [-0.39, 0.29) is 5.60 Å². The average molecular weight is 219 g/mol. The van der Waals surface area contributed by atoms with Gasteiger partial charge in [0, 0.05) is 0 Å². The van der Waals surface area contributed by atoms with Crippen molar-refractivity contribution in [1.29, 1.82) is 0 Å². The third-order valence-electron chi connectivity index (χ3n) is 1.82. The van der Waals surface area contributed by atoms with Gasteiger partial charge in [0.2, 0.25) is 0 Å². The van der Waals surface area contributed by atoms with E-state index in [2.05, 4.69) is 47.0 Å². The molecule has 0 unspecified atom stereocenters. The first-order valence-electron chi connectivity index (χ1n) is 4.88. The summed E-state index contributed by atoms with van der Waals surface area (Å²) in [4.78, 5) is 0. The van der Waals surface area contributed by atoms with Crippen LogP contribution < -0.4 is 0 Å². The molecule has 0 aliphatic rings. The smallest absolute Gasteiger partial charge is 0.321 e. The zero-order chi connectivity index (χ0) is 10.7. The van der Waals surface area contributed by atoms with Crippen LogP contribution in [0.5, 0.6) is 0 Å². The third-order valence-corrected chi connectivity index (χ3v) is 6.47. The largest absolute Gasteiger partial charge is 0.436 e. The Morgan fingerprint density at radius 3 is 2.00 bits per heavy atom. The summed E-state index contributed by atoms with van der Waals surface area (Å²) in [5.74, 6) is 0. The minimum absolute atomic E-state index is 0.0347. The highest BCUT2D eigenvalue weighted by Gasteiger charge is 2.32. The van der Waals surface area contributed by atoms with Gasteiger partial charge < -0.3 is 8.54 Å². The first-order chi connectivity index (χ1) is 5.68. The van der Waals surface area contributed by atoms with Gasteiger partial charge in [-0.2, -0.15) is 0 Å². The molecule has 0 bridgehead atoms. The highest BCUT2D eigenvalue weighted by atomic mass is 28.4. The summed E-state index contributed by atoms with van der Waals surface area (Å²) in [7, 11) is -2.51. The topological polar surface area (TPSA) is 18.5 Å². The van der Waals surface area contributed by atoms with Crippen LogP contribution in [0.1, 0.15) is 27.2 Å². The molecular formula is C9H23O2Si2. The van der Waals surface area contributed by atoms with Crippen LogP contribution in [0.25, 0.3) is 0 Å². The van der Waals surface area contributed by atoms with E-state index in [1.54, 1.807) is 0 Å². The monoisotopic (exact) mass is 219 g/mol. The van der Waals surface area contributed by atoms with Crippen molar-refractivity contribution >= 4 is 17.6 Å². The maximum Gasteiger partial charge on any atom is 0.321 e. The van der Waals surface area contributed by atoms with Gasteiger partial charge in [0.25, 0.3) is 0 Å². The Morgan fingerprint density at radius 2 is 1.69 bits per heavy atom. The lowest BCUT2D eigenvalue weighted by molar-refractivity contribution is 0.0718. The first kappa shape index (κ1) is 13.4. The van der Waals surface area contributed by atoms with Crippen molar-refractivity contribution in [3.05, 3.63) is 0 Å². The molecule has 0 saturated carbocycles. The highest BCUT2D eigenvalue weighted by molar-refractivity contribution is 6.72. The Morgan fingerprint density at radius 1 is 1.23 bits per heavy atom. The van der Waals surface area contributed by atoms with Gasteiger partial charge in [-0.1, -0.05) is 6.92 Å². The van der Waals surface area contributed by atoms with Crippen LogP contribution in [0, 0.1) is 0 Å². The minimum Gasteiger partial charge on any atom is -0.436 e. The van der Waals surface area contributed by atoms with Gasteiger partial charge in [-0.3, -0.25) is 0 Å². The quantitative estimate of drug-likeness (QED) is 0.661. The lowest BCUT2D eigenvalue weighted by Crippen LogP contribution is -2.45. The zero-order valence-corrected chi connectivity index (χ0v) is 12.0. The molecule has 0 aromatic carbocycles. The highest BCUT2D eigenvalue weighted by Crippen LogP contribution is 2.21. The molecule has 0 atom stereocenters. The maximum absolute atomic E-state index is 6.03. The molecule has 13 heavy (non-hydrogen) atoms. The molecule has 0 fully saturated rings. The summed E-state index contributed by atoms with van der Waals surface area (Å²) in [5.41, 5.74) is -0.0347. The zero-order valence-electron chi connectivity index (χ0n) is 10.0. The SMILES string of the molecule is CCC(C)(C)O[Si](C)(C)O[Si](C)C. The van der Waals surface area contributed by atoms with E-state index < -0.39 is 17.6 Å². The van der Waals surface area contributed by atoms with Gasteiger partial charge in [-0.25, -0.2) is 0 Å². The van der Waals surface area contributed by atoms with Crippen molar-refractivity contribution in [2.24, 2.45) is 0 Å². The van der Waals surface area contributed by atoms with Crippen LogP contribution in [0.15, 0.2) is 0 Å². The molecule has 0 aromatic rings. The molecule has 0 spiro atoms. The van der Waals surface area contributed by atoms with Crippen LogP contribution in [0.3, 0.4) is 0 Å². The summed E-state index contributed by atoms with van der Waals surface area (Å²) in [6, 6.07) is 0. The van der Waals surface area contributed by atoms with Gasteiger partial charge in [0.1, 0.15) is 0 Å². The van der Waals surface area contributed by atoms with E-state index in [4.69, 9.17) is 8.54 Å². The van der Waals surface area contributed by atoms with E-state index >= 15 is 0 Å². The second kappa shape index (κ2) is 4.73. The second-order valence-electron chi connectivity index (χ2n) is 4.63. The fourth-order valence-electron chi connectivity index (χ4n) is 1.25. The van der Waals surface area contributed by atoms with E-state index in [1.807, 2.05) is 0 Å². The number of rotatable bonds is 5. The molecule has 2 nitrogen and oxygen atoms in total. The Balaban J connectivity index is 4.16. The fourth-order valence-corrected chi connectivity index (χ4v) is 6.82. The van der Waals surface area contributed by atoms with Crippen molar-refractivity contribution < 1.29 is 8.54 Å². The second-order valence-corrected chi connectivity index (χ2v) is 10.3. The van der Waals surface area contributed by atoms with E-state index in [0.29, 0.717) is 0 Å². The van der Waals surface area contributed by atoms with Gasteiger partial charge in [-0.05, 0) is 46.5 Å². The van der Waals surface area contributed by atoms with Crippen molar-refractivity contribution in [1.82, 2.24) is 0 Å². The Bertz CT molecular complexity index is 156. The van der Waals surface area contributed by atoms with Crippen molar-refractivity contribution in [2.45, 2.75) is 59.0 Å². The summed E-state index contributed by atoms with van der Waals surface area (Å²) in [6.45, 7) is 15.0. The van der Waals surface area contributed by atoms with Crippen LogP contribution in [-0.4, -0.2) is 23.2 Å². The third kappa shape index (κ3) is 6.43. The molecule has 0 aliphatic carbocycles. The fraction of sp³-hybridized carbons (Fsp3) is 1.00. The van der Waals surface area contributed by atoms with Gasteiger partial charge in [0.05, 0.1) is 5.60 Å². The lowest BCUT2D eigenvalue weighted by atomic mass is 10.1. The molecule has 0 heterocycles. The maximum atomic E-state index is 6.03. The van der Waals surface area contributed by atoms with Crippen LogP contribution in [0.2, 0.25) is 26.2 Å². The first-order valence-corrected chi connectivity index (χ1v) is 10.1. The van der Waals surface area contributed by atoms with Crippen LogP contribution in [0.4, 0.5) is 0 Å². The van der Waals surface area contributed by atoms with Crippen LogP contribution >= 0.6 is 0 Å². The lowest BCUT2D eigenvalue weighted by Gasteiger charge is -2.34. The molecular weight excluding hydrogens is 196 g/mol. The Hall–Kier alpha value is 0.354. The molecule has 4 heteroatoms. The van der Waals surface area contributed by atoms with Crippen molar-refractivity contribution in [3.8, 4) is 0 Å². The van der Waals surface area contributed by atoms with Gasteiger partial charge >= 0.3 is 8.56 Å². The Labute approximate surface area is 85.6 Å². The van der Waals surface area contributed by atoms with Gasteiger partial charge in [0.15, 0.2) is 9.04 Å². The molecule has 0 rings (SSSR count). The van der Waals surface area contributed by atoms with Gasteiger partial charge in [-0.15, -0.1) is 0 Å². The Kier molecular flexibility index (Phi) is 4.86. The minimum atomic E-state index is -1.88. The molecule has 79 valence electrons. The van der Waals surface area contributed by atoms with E-state index in [0.717, 1.165) is 6.42 Å². The van der Waals surface area contributed by atoms with E-state index in [1.165, 1.54) is 0 Å². The molecule has 0 saturated heterocycles. The predicted octanol–water partition coefficient (Wildman–Crippen LogP) is 3.16. The average Bonchev–Trinajstić information content (AvgIpc) is 1.81. The van der Waals surface area contributed by atoms with Crippen LogP contribution in [-0.2, 0) is 8.54 Å². The van der Waals surface area contributed by atoms with E-state index in [9.17, 15) is 0 Å². The summed E-state index contributed by atoms with van der Waals surface area (Å²) in [6.07, 6.45) is 1.03. The molecule has 1 radical (unpaired) electrons. The summed E-state index contributed by atoms with van der Waals surface area (Å²) in [5, 5.41) is 0. The van der Waals surface area contributed by atoms with Crippen molar-refractivity contribution in [2.75, 3.05) is 0 Å². The molecule has 0 amide bonds. The standard InChI is InChI=1S/C9H23O2Si2/c1-8-9(2,3)10-13(6,7)11-12(4)5/h8H2,1-7H3. The molecule has 0 aromatic heterocycles. The number of hydrogen-bond donors (Lipinski definition) is 0. The predicted molar refractivity (Wildman–Crippen MR) is 61.5 cm³/mol. The molecule has 0 N–H and O–H groups in total.